The Balaban J connectivity index is 0.000000191. The van der Waals surface area contributed by atoms with Crippen molar-refractivity contribution in [3.05, 3.63) is 81.3 Å². The first-order valence-corrected chi connectivity index (χ1v) is 16.0. The van der Waals surface area contributed by atoms with Crippen LogP contribution in [0, 0.1) is 18.8 Å². The van der Waals surface area contributed by atoms with Crippen LogP contribution in [0.3, 0.4) is 0 Å². The van der Waals surface area contributed by atoms with Crippen LogP contribution in [0.2, 0.25) is 10.0 Å². The van der Waals surface area contributed by atoms with Gasteiger partial charge >= 0.3 is 6.18 Å². The number of amides is 1. The Morgan fingerprint density at radius 3 is 2.11 bits per heavy atom. The number of anilines is 2. The second-order valence-corrected chi connectivity index (χ2v) is 12.7. The lowest BCUT2D eigenvalue weighted by Gasteiger charge is -2.20. The highest BCUT2D eigenvalue weighted by atomic mass is 35.5. The van der Waals surface area contributed by atoms with Crippen LogP contribution in [0.15, 0.2) is 63.4 Å². The molecule has 2 aliphatic rings. The summed E-state index contributed by atoms with van der Waals surface area (Å²) in [6.07, 6.45) is -2.69. The number of carbonyl (C=O) groups is 1. The smallest absolute Gasteiger partial charge is 0.417 e. The Morgan fingerprint density at radius 2 is 1.53 bits per heavy atom. The average Bonchev–Trinajstić information content (AvgIpc) is 3.84. The van der Waals surface area contributed by atoms with Crippen molar-refractivity contribution in [1.29, 1.82) is 0 Å². The SMILES string of the molecule is Cc1ccc(C(F)(F)F)c(C(=O)N2CC[C@@H](CNc3nc4ccc(Cl)cc4o3)C2)c1.Clc1ccc2nc(NC[C@@H]3CCNC3)oc2c1. The lowest BCUT2D eigenvalue weighted by Crippen LogP contribution is -2.31. The van der Waals surface area contributed by atoms with Gasteiger partial charge < -0.3 is 29.7 Å². The van der Waals surface area contributed by atoms with E-state index in [2.05, 4.69) is 25.9 Å². The number of hydrogen-bond donors (Lipinski definition) is 3. The van der Waals surface area contributed by atoms with Gasteiger partial charge in [-0.3, -0.25) is 4.79 Å². The van der Waals surface area contributed by atoms with Crippen LogP contribution < -0.4 is 16.0 Å². The maximum absolute atomic E-state index is 13.3. The summed E-state index contributed by atoms with van der Waals surface area (Å²) < 4.78 is 51.1. The van der Waals surface area contributed by atoms with Gasteiger partial charge in [0.05, 0.1) is 11.1 Å². The molecule has 2 fully saturated rings. The zero-order valence-electron chi connectivity index (χ0n) is 25.5. The number of fused-ring (bicyclic) bond motifs is 2. The second kappa shape index (κ2) is 14.0. The van der Waals surface area contributed by atoms with Gasteiger partial charge in [0.15, 0.2) is 11.2 Å². The lowest BCUT2D eigenvalue weighted by molar-refractivity contribution is -0.138. The minimum absolute atomic E-state index is 0.0756. The summed E-state index contributed by atoms with van der Waals surface area (Å²) in [6, 6.07) is 15.2. The van der Waals surface area contributed by atoms with Crippen molar-refractivity contribution in [2.75, 3.05) is 49.9 Å². The van der Waals surface area contributed by atoms with Crippen LogP contribution in [0.4, 0.5) is 25.2 Å². The summed E-state index contributed by atoms with van der Waals surface area (Å²) >= 11 is 11.8. The van der Waals surface area contributed by atoms with E-state index >= 15 is 0 Å². The molecular weight excluding hydrogens is 656 g/mol. The minimum Gasteiger partial charge on any atom is -0.424 e. The average molecular weight is 690 g/mol. The zero-order valence-corrected chi connectivity index (χ0v) is 27.0. The first kappa shape index (κ1) is 32.9. The molecule has 14 heteroatoms. The molecule has 0 unspecified atom stereocenters. The molecule has 2 atom stereocenters. The van der Waals surface area contributed by atoms with E-state index in [-0.39, 0.29) is 11.5 Å². The maximum atomic E-state index is 13.3. The van der Waals surface area contributed by atoms with Crippen molar-refractivity contribution in [1.82, 2.24) is 20.2 Å². The minimum atomic E-state index is -4.57. The monoisotopic (exact) mass is 688 g/mol. The third-order valence-corrected chi connectivity index (χ3v) is 8.70. The second-order valence-electron chi connectivity index (χ2n) is 11.8. The van der Waals surface area contributed by atoms with Crippen molar-refractivity contribution in [3.8, 4) is 0 Å². The van der Waals surface area contributed by atoms with Crippen LogP contribution >= 0.6 is 23.2 Å². The molecule has 5 aromatic rings. The number of halogens is 5. The number of alkyl halides is 3. The lowest BCUT2D eigenvalue weighted by atomic mass is 10.0. The molecule has 0 spiro atoms. The highest BCUT2D eigenvalue weighted by molar-refractivity contribution is 6.31. The zero-order chi connectivity index (χ0) is 33.1. The largest absolute Gasteiger partial charge is 0.424 e. The van der Waals surface area contributed by atoms with E-state index in [4.69, 9.17) is 32.0 Å². The van der Waals surface area contributed by atoms with Gasteiger partial charge in [-0.05, 0) is 81.1 Å². The predicted molar refractivity (Wildman–Crippen MR) is 176 cm³/mol. The van der Waals surface area contributed by atoms with E-state index in [0.29, 0.717) is 70.7 Å². The highest BCUT2D eigenvalue weighted by Crippen LogP contribution is 2.34. The highest BCUT2D eigenvalue weighted by Gasteiger charge is 2.37. The van der Waals surface area contributed by atoms with E-state index in [0.717, 1.165) is 36.8 Å². The fourth-order valence-electron chi connectivity index (χ4n) is 5.74. The summed E-state index contributed by atoms with van der Waals surface area (Å²) in [6.45, 7) is 6.00. The van der Waals surface area contributed by atoms with E-state index in [9.17, 15) is 18.0 Å². The molecule has 2 aliphatic heterocycles. The fraction of sp³-hybridized carbons (Fsp3) is 0.364. The molecule has 4 heterocycles. The van der Waals surface area contributed by atoms with Gasteiger partial charge in [0.2, 0.25) is 0 Å². The number of hydrogen-bond acceptors (Lipinski definition) is 8. The topological polar surface area (TPSA) is 108 Å². The normalized spacial score (nSPS) is 18.0. The molecule has 3 aromatic carbocycles. The first-order chi connectivity index (χ1) is 22.5. The molecule has 0 aliphatic carbocycles. The summed E-state index contributed by atoms with van der Waals surface area (Å²) in [5.74, 6) is 0.144. The van der Waals surface area contributed by atoms with Crippen LogP contribution in [0.1, 0.15) is 34.3 Å². The van der Waals surface area contributed by atoms with Gasteiger partial charge in [-0.2, -0.15) is 23.1 Å². The number of rotatable bonds is 7. The summed E-state index contributed by atoms with van der Waals surface area (Å²) in [5.41, 5.74) is 2.21. The van der Waals surface area contributed by atoms with Crippen molar-refractivity contribution < 1.29 is 26.8 Å². The number of likely N-dealkylation sites (tertiary alicyclic amines) is 1. The van der Waals surface area contributed by atoms with Gasteiger partial charge in [0.25, 0.3) is 17.9 Å². The molecular formula is C33H33Cl2F3N6O3. The van der Waals surface area contributed by atoms with Crippen LogP contribution in [0.25, 0.3) is 22.2 Å². The molecule has 2 aromatic heterocycles. The Hall–Kier alpha value is -4.00. The van der Waals surface area contributed by atoms with Gasteiger partial charge in [0.1, 0.15) is 11.0 Å². The first-order valence-electron chi connectivity index (χ1n) is 15.3. The molecule has 2 saturated heterocycles. The number of nitrogens with one attached hydrogen (secondary N) is 3. The third-order valence-electron chi connectivity index (χ3n) is 8.23. The molecule has 9 nitrogen and oxygen atoms in total. The number of benzene rings is 3. The Kier molecular flexibility index (Phi) is 9.81. The molecule has 0 bridgehead atoms. The Labute approximate surface area is 278 Å². The van der Waals surface area contributed by atoms with Crippen molar-refractivity contribution in [2.45, 2.75) is 25.9 Å². The van der Waals surface area contributed by atoms with Gasteiger partial charge in [-0.1, -0.05) is 34.8 Å². The van der Waals surface area contributed by atoms with Gasteiger partial charge in [-0.15, -0.1) is 0 Å². The predicted octanol–water partition coefficient (Wildman–Crippen LogP) is 7.89. The molecule has 3 N–H and O–H groups in total. The van der Waals surface area contributed by atoms with E-state index < -0.39 is 17.6 Å². The third kappa shape index (κ3) is 8.11. The van der Waals surface area contributed by atoms with E-state index in [1.54, 1.807) is 31.2 Å². The summed E-state index contributed by atoms with van der Waals surface area (Å²) in [7, 11) is 0. The Bertz CT molecular complexity index is 1870. The molecule has 7 rings (SSSR count). The standard InChI is InChI=1S/C21H19ClF3N3O2.C12H14ClN3O/c1-12-2-4-16(21(23,24)25)15(8-12)19(29)28-7-6-13(11-28)10-26-20-27-17-5-3-14(22)9-18(17)30-20;13-9-1-2-10-11(5-9)17-12(16-10)15-7-8-3-4-14-6-8/h2-5,8-9,13H,6-7,10-11H2,1H3,(H,26,27);1-2,5,8,14H,3-4,6-7H2,(H,15,16)/t13-;8-/m01/s1. The quantitative estimate of drug-likeness (QED) is 0.158. The molecule has 47 heavy (non-hydrogen) atoms. The summed E-state index contributed by atoms with van der Waals surface area (Å²) in [4.78, 5) is 23.0. The molecule has 0 radical (unpaired) electrons. The molecule has 0 saturated carbocycles. The van der Waals surface area contributed by atoms with Crippen molar-refractivity contribution >= 4 is 63.3 Å². The van der Waals surface area contributed by atoms with Crippen molar-refractivity contribution in [3.63, 3.8) is 0 Å². The van der Waals surface area contributed by atoms with E-state index in [1.165, 1.54) is 23.5 Å². The maximum Gasteiger partial charge on any atom is 0.417 e. The molecule has 1 amide bonds. The molecule has 248 valence electrons. The number of carbonyl (C=O) groups excluding carboxylic acids is 1. The van der Waals surface area contributed by atoms with Crippen molar-refractivity contribution in [2.24, 2.45) is 11.8 Å². The van der Waals surface area contributed by atoms with Crippen LogP contribution in [-0.2, 0) is 6.18 Å². The fourth-order valence-corrected chi connectivity index (χ4v) is 6.06. The van der Waals surface area contributed by atoms with Gasteiger partial charge in [-0.25, -0.2) is 0 Å². The number of aryl methyl sites for hydroxylation is 1. The number of oxazole rings is 2. The number of nitrogens with zero attached hydrogens (tertiary/aromatic N) is 3. The van der Waals surface area contributed by atoms with Crippen LogP contribution in [-0.4, -0.2) is 60.0 Å². The van der Waals surface area contributed by atoms with E-state index in [1.807, 2.05) is 12.1 Å². The van der Waals surface area contributed by atoms with Crippen LogP contribution in [0.5, 0.6) is 0 Å². The number of aromatic nitrogens is 2. The summed E-state index contributed by atoms with van der Waals surface area (Å²) in [5, 5.41) is 10.9. The van der Waals surface area contributed by atoms with Gasteiger partial charge in [0, 0.05) is 48.4 Å². The Morgan fingerprint density at radius 1 is 0.915 bits per heavy atom.